The average molecular weight is 473 g/mol. The third kappa shape index (κ3) is 3.57. The molecule has 1 amide bonds. The van der Waals surface area contributed by atoms with Crippen LogP contribution in [-0.2, 0) is 13.5 Å². The third-order valence-electron chi connectivity index (χ3n) is 7.31. The van der Waals surface area contributed by atoms with Crippen LogP contribution in [0.1, 0.15) is 33.1 Å². The zero-order valence-corrected chi connectivity index (χ0v) is 20.5. The van der Waals surface area contributed by atoms with E-state index in [1.165, 1.54) is 5.56 Å². The molecule has 1 aromatic heterocycles. The third-order valence-corrected chi connectivity index (χ3v) is 7.31. The van der Waals surface area contributed by atoms with Gasteiger partial charge in [0.15, 0.2) is 0 Å². The van der Waals surface area contributed by atoms with Crippen molar-refractivity contribution in [2.24, 2.45) is 7.05 Å². The van der Waals surface area contributed by atoms with Gasteiger partial charge in [-0.2, -0.15) is 0 Å². The van der Waals surface area contributed by atoms with Gasteiger partial charge in [-0.15, -0.1) is 0 Å². The van der Waals surface area contributed by atoms with Crippen LogP contribution in [0.15, 0.2) is 103 Å². The van der Waals surface area contributed by atoms with Gasteiger partial charge in [-0.1, -0.05) is 78.9 Å². The topological polar surface area (TPSA) is 34.5 Å². The molecule has 1 aliphatic heterocycles. The molecular weight excluding hydrogens is 444 g/mol. The van der Waals surface area contributed by atoms with E-state index < -0.39 is 0 Å². The second kappa shape index (κ2) is 9.04. The molecule has 4 nitrogen and oxygen atoms in total. The molecule has 6 rings (SSSR count). The number of hydrogen-bond donors (Lipinski definition) is 0. The summed E-state index contributed by atoms with van der Waals surface area (Å²) in [5.41, 5.74) is 7.57. The van der Waals surface area contributed by atoms with Gasteiger partial charge in [-0.05, 0) is 41.8 Å². The van der Waals surface area contributed by atoms with Gasteiger partial charge in [0.2, 0.25) is 0 Å². The van der Waals surface area contributed by atoms with Gasteiger partial charge < -0.3 is 14.2 Å². The Balaban J connectivity index is 1.57. The van der Waals surface area contributed by atoms with Gasteiger partial charge in [0, 0.05) is 41.2 Å². The fourth-order valence-electron chi connectivity index (χ4n) is 5.63. The van der Waals surface area contributed by atoms with E-state index in [9.17, 15) is 4.79 Å². The van der Waals surface area contributed by atoms with Crippen molar-refractivity contribution in [1.82, 2.24) is 9.47 Å². The van der Waals surface area contributed by atoms with Crippen LogP contribution in [0.3, 0.4) is 0 Å². The molecule has 4 heteroatoms. The first-order valence-corrected chi connectivity index (χ1v) is 12.3. The Morgan fingerprint density at radius 2 is 1.58 bits per heavy atom. The van der Waals surface area contributed by atoms with E-state index in [0.29, 0.717) is 6.54 Å². The number of aromatic nitrogens is 1. The molecule has 36 heavy (non-hydrogen) atoms. The van der Waals surface area contributed by atoms with E-state index in [-0.39, 0.29) is 11.9 Å². The number of amides is 1. The molecule has 2 heterocycles. The monoisotopic (exact) mass is 472 g/mol. The lowest BCUT2D eigenvalue weighted by atomic mass is 9.93. The minimum atomic E-state index is -0.176. The molecule has 0 spiro atoms. The molecule has 0 N–H and O–H groups in total. The number of rotatable bonds is 6. The molecule has 5 aromatic rings. The van der Waals surface area contributed by atoms with Crippen LogP contribution in [0.4, 0.5) is 0 Å². The quantitative estimate of drug-likeness (QED) is 0.278. The van der Waals surface area contributed by atoms with Gasteiger partial charge in [-0.25, -0.2) is 0 Å². The first-order valence-electron chi connectivity index (χ1n) is 12.3. The Morgan fingerprint density at radius 1 is 0.833 bits per heavy atom. The second-order valence-corrected chi connectivity index (χ2v) is 9.29. The van der Waals surface area contributed by atoms with Crippen molar-refractivity contribution in [3.63, 3.8) is 0 Å². The van der Waals surface area contributed by atoms with E-state index in [0.717, 1.165) is 51.0 Å². The maximum Gasteiger partial charge on any atom is 0.255 e. The summed E-state index contributed by atoms with van der Waals surface area (Å²) in [5.74, 6) is 0.906. The molecule has 0 saturated carbocycles. The Hall–Kier alpha value is -4.31. The standard InChI is InChI=1S/C32H28N2O2/c1-33-28-18-9-8-17-27(28)29(30(33)23-13-10-14-24(21-23)36-2)31-25-15-6-7-16-26(25)32(35)34(31)20-19-22-11-4-3-5-12-22/h3-18,21,31H,19-20H2,1-2H3/t31-/m1/s1. The zero-order chi connectivity index (χ0) is 24.6. The molecule has 4 aromatic carbocycles. The predicted octanol–water partition coefficient (Wildman–Crippen LogP) is 6.64. The Labute approximate surface area is 211 Å². The number of benzene rings is 4. The van der Waals surface area contributed by atoms with E-state index in [1.807, 2.05) is 36.4 Å². The normalized spacial score (nSPS) is 14.9. The summed E-state index contributed by atoms with van der Waals surface area (Å²) in [6, 6.07) is 35.0. The summed E-state index contributed by atoms with van der Waals surface area (Å²) in [6.45, 7) is 0.642. The summed E-state index contributed by atoms with van der Waals surface area (Å²) in [4.78, 5) is 15.9. The highest BCUT2D eigenvalue weighted by Crippen LogP contribution is 2.46. The summed E-state index contributed by atoms with van der Waals surface area (Å²) in [7, 11) is 3.80. The van der Waals surface area contributed by atoms with Crippen molar-refractivity contribution in [2.45, 2.75) is 12.5 Å². The molecule has 0 fully saturated rings. The number of aryl methyl sites for hydroxylation is 1. The predicted molar refractivity (Wildman–Crippen MR) is 144 cm³/mol. The summed E-state index contributed by atoms with van der Waals surface area (Å²) >= 11 is 0. The van der Waals surface area contributed by atoms with Gasteiger partial charge in [0.05, 0.1) is 18.8 Å². The zero-order valence-electron chi connectivity index (χ0n) is 20.5. The molecule has 0 bridgehead atoms. The summed E-state index contributed by atoms with van der Waals surface area (Å²) in [6.07, 6.45) is 0.802. The molecule has 178 valence electrons. The Morgan fingerprint density at radius 3 is 2.42 bits per heavy atom. The van der Waals surface area contributed by atoms with Crippen LogP contribution >= 0.6 is 0 Å². The van der Waals surface area contributed by atoms with Crippen LogP contribution in [0, 0.1) is 0 Å². The van der Waals surface area contributed by atoms with Crippen LogP contribution in [-0.4, -0.2) is 29.0 Å². The van der Waals surface area contributed by atoms with Crippen LogP contribution in [0.2, 0.25) is 0 Å². The SMILES string of the molecule is COc1cccc(-c2c([C@H]3c4ccccc4C(=O)N3CCc3ccccc3)c3ccccc3n2C)c1. The van der Waals surface area contributed by atoms with Gasteiger partial charge in [0.25, 0.3) is 5.91 Å². The lowest BCUT2D eigenvalue weighted by molar-refractivity contribution is 0.0753. The molecule has 0 saturated heterocycles. The lowest BCUT2D eigenvalue weighted by Crippen LogP contribution is -2.31. The molecule has 0 unspecified atom stereocenters. The van der Waals surface area contributed by atoms with E-state index in [2.05, 4.69) is 83.2 Å². The number of ether oxygens (including phenoxy) is 1. The lowest BCUT2D eigenvalue weighted by Gasteiger charge is -2.27. The highest BCUT2D eigenvalue weighted by molar-refractivity contribution is 6.02. The highest BCUT2D eigenvalue weighted by Gasteiger charge is 2.40. The van der Waals surface area contributed by atoms with Crippen molar-refractivity contribution in [2.75, 3.05) is 13.7 Å². The number of carbonyl (C=O) groups excluding carboxylic acids is 1. The van der Waals surface area contributed by atoms with Gasteiger partial charge >= 0.3 is 0 Å². The number of hydrogen-bond acceptors (Lipinski definition) is 2. The fourth-order valence-corrected chi connectivity index (χ4v) is 5.63. The first-order chi connectivity index (χ1) is 17.7. The molecular formula is C32H28N2O2. The summed E-state index contributed by atoms with van der Waals surface area (Å²) in [5, 5.41) is 1.16. The molecule has 0 radical (unpaired) electrons. The van der Waals surface area contributed by atoms with E-state index >= 15 is 0 Å². The minimum Gasteiger partial charge on any atom is -0.497 e. The maximum absolute atomic E-state index is 13.8. The number of carbonyl (C=O) groups is 1. The second-order valence-electron chi connectivity index (χ2n) is 9.29. The van der Waals surface area contributed by atoms with Crippen molar-refractivity contribution < 1.29 is 9.53 Å². The maximum atomic E-state index is 13.8. The molecule has 1 aliphatic rings. The fraction of sp³-hybridized carbons (Fsp3) is 0.156. The van der Waals surface area contributed by atoms with Crippen LogP contribution in [0.25, 0.3) is 22.2 Å². The van der Waals surface area contributed by atoms with Crippen LogP contribution < -0.4 is 4.74 Å². The largest absolute Gasteiger partial charge is 0.497 e. The first kappa shape index (κ1) is 22.2. The van der Waals surface area contributed by atoms with Crippen molar-refractivity contribution >= 4 is 16.8 Å². The number of nitrogens with zero attached hydrogens (tertiary/aromatic N) is 2. The number of para-hydroxylation sites is 1. The summed E-state index contributed by atoms with van der Waals surface area (Å²) < 4.78 is 7.81. The van der Waals surface area contributed by atoms with Crippen molar-refractivity contribution in [1.29, 1.82) is 0 Å². The van der Waals surface area contributed by atoms with Gasteiger partial charge in [0.1, 0.15) is 5.75 Å². The molecule has 1 atom stereocenters. The van der Waals surface area contributed by atoms with Crippen molar-refractivity contribution in [3.8, 4) is 17.0 Å². The minimum absolute atomic E-state index is 0.0936. The number of methoxy groups -OCH3 is 1. The van der Waals surface area contributed by atoms with E-state index in [4.69, 9.17) is 4.74 Å². The number of fused-ring (bicyclic) bond motifs is 2. The molecule has 0 aliphatic carbocycles. The Kier molecular flexibility index (Phi) is 5.57. The van der Waals surface area contributed by atoms with Crippen molar-refractivity contribution in [3.05, 3.63) is 125 Å². The van der Waals surface area contributed by atoms with E-state index in [1.54, 1.807) is 7.11 Å². The van der Waals surface area contributed by atoms with Gasteiger partial charge in [-0.3, -0.25) is 4.79 Å². The average Bonchev–Trinajstić information content (AvgIpc) is 3.38. The Bertz CT molecular complexity index is 1570. The smallest absolute Gasteiger partial charge is 0.255 e. The highest BCUT2D eigenvalue weighted by atomic mass is 16.5. The van der Waals surface area contributed by atoms with Crippen LogP contribution in [0.5, 0.6) is 5.75 Å².